The molecule has 3 aliphatic carbocycles. The van der Waals surface area contributed by atoms with Gasteiger partial charge in [-0.05, 0) is 42.6 Å². The highest BCUT2D eigenvalue weighted by molar-refractivity contribution is 6.04. The highest BCUT2D eigenvalue weighted by Crippen LogP contribution is 2.66. The molecule has 0 heterocycles. The summed E-state index contributed by atoms with van der Waals surface area (Å²) in [7, 11) is 0. The first-order valence-electron chi connectivity index (χ1n) is 10.5. The minimum atomic E-state index is -0.582. The molecule has 0 amide bonds. The van der Waals surface area contributed by atoms with Crippen LogP contribution in [-0.4, -0.2) is 11.6 Å². The molecular formula is C24H33NO2. The standard InChI is InChI=1S/C24H33NO2/c1-7-8-9-17-15(2)18(26)12-20-23(17,5)11-10-19-22(3,4)21(27)16(14-25)13-24(19,20)6/h12-13,15,17,19H,7-11H2,1-6H3/t15-,17-,19+,23?,24?/m1/s1. The number of ketones is 2. The van der Waals surface area contributed by atoms with Crippen molar-refractivity contribution in [2.75, 3.05) is 0 Å². The molecule has 1 fully saturated rings. The van der Waals surface area contributed by atoms with Crippen LogP contribution in [0.3, 0.4) is 0 Å². The molecule has 0 radical (unpaired) electrons. The number of rotatable bonds is 3. The number of Topliss-reactive ketones (excluding diaryl/α,β-unsaturated/α-hetero) is 1. The van der Waals surface area contributed by atoms with Crippen LogP contribution < -0.4 is 0 Å². The summed E-state index contributed by atoms with van der Waals surface area (Å²) in [6.45, 7) is 12.7. The smallest absolute Gasteiger partial charge is 0.178 e. The topological polar surface area (TPSA) is 57.9 Å². The maximum Gasteiger partial charge on any atom is 0.178 e. The van der Waals surface area contributed by atoms with Crippen LogP contribution in [0.2, 0.25) is 0 Å². The molecule has 1 saturated carbocycles. The fraction of sp³-hybridized carbons (Fsp3) is 0.708. The van der Waals surface area contributed by atoms with Crippen LogP contribution in [0.25, 0.3) is 0 Å². The first-order valence-corrected chi connectivity index (χ1v) is 10.5. The van der Waals surface area contributed by atoms with E-state index < -0.39 is 10.8 Å². The number of nitriles is 1. The van der Waals surface area contributed by atoms with Gasteiger partial charge in [-0.25, -0.2) is 0 Å². The van der Waals surface area contributed by atoms with Crippen molar-refractivity contribution in [1.29, 1.82) is 5.26 Å². The van der Waals surface area contributed by atoms with E-state index in [9.17, 15) is 14.9 Å². The van der Waals surface area contributed by atoms with Crippen molar-refractivity contribution in [1.82, 2.24) is 0 Å². The maximum atomic E-state index is 12.9. The number of allylic oxidation sites excluding steroid dienone is 4. The molecular weight excluding hydrogens is 334 g/mol. The van der Waals surface area contributed by atoms with Crippen molar-refractivity contribution in [3.05, 3.63) is 23.3 Å². The number of nitrogens with zero attached hydrogens (tertiary/aromatic N) is 1. The van der Waals surface area contributed by atoms with E-state index in [1.54, 1.807) is 0 Å². The van der Waals surface area contributed by atoms with Crippen molar-refractivity contribution >= 4 is 11.6 Å². The summed E-state index contributed by atoms with van der Waals surface area (Å²) in [5, 5.41) is 9.60. The fourth-order valence-corrected chi connectivity index (χ4v) is 6.65. The van der Waals surface area contributed by atoms with Crippen LogP contribution in [0.1, 0.15) is 73.6 Å². The fourth-order valence-electron chi connectivity index (χ4n) is 6.65. The highest BCUT2D eigenvalue weighted by Gasteiger charge is 2.61. The van der Waals surface area contributed by atoms with E-state index >= 15 is 0 Å². The van der Waals surface area contributed by atoms with E-state index in [1.165, 1.54) is 5.57 Å². The molecule has 0 saturated heterocycles. The average molecular weight is 368 g/mol. The van der Waals surface area contributed by atoms with Crippen molar-refractivity contribution in [2.24, 2.45) is 34.0 Å². The van der Waals surface area contributed by atoms with Crippen LogP contribution in [-0.2, 0) is 9.59 Å². The molecule has 3 heteroatoms. The summed E-state index contributed by atoms with van der Waals surface area (Å²) in [4.78, 5) is 25.8. The summed E-state index contributed by atoms with van der Waals surface area (Å²) < 4.78 is 0. The number of fused-ring (bicyclic) bond motifs is 3. The van der Waals surface area contributed by atoms with Crippen molar-refractivity contribution < 1.29 is 9.59 Å². The van der Waals surface area contributed by atoms with Gasteiger partial charge in [-0.2, -0.15) is 5.26 Å². The van der Waals surface area contributed by atoms with Gasteiger partial charge < -0.3 is 0 Å². The van der Waals surface area contributed by atoms with E-state index in [0.29, 0.717) is 5.92 Å². The second-order valence-corrected chi connectivity index (χ2v) is 10.0. The summed E-state index contributed by atoms with van der Waals surface area (Å²) in [6.07, 6.45) is 9.08. The largest absolute Gasteiger partial charge is 0.295 e. The van der Waals surface area contributed by atoms with Gasteiger partial charge in [0.1, 0.15) is 6.07 Å². The van der Waals surface area contributed by atoms with Crippen LogP contribution in [0, 0.1) is 45.3 Å². The molecule has 0 aromatic rings. The van der Waals surface area contributed by atoms with Gasteiger partial charge in [0.15, 0.2) is 11.6 Å². The zero-order valence-electron chi connectivity index (χ0n) is 17.7. The zero-order chi connectivity index (χ0) is 20.2. The predicted molar refractivity (Wildman–Crippen MR) is 107 cm³/mol. The Labute approximate surface area is 163 Å². The molecule has 146 valence electrons. The lowest BCUT2D eigenvalue weighted by Gasteiger charge is -2.60. The first-order chi connectivity index (χ1) is 12.5. The van der Waals surface area contributed by atoms with Gasteiger partial charge in [-0.3, -0.25) is 9.59 Å². The summed E-state index contributed by atoms with van der Waals surface area (Å²) >= 11 is 0. The molecule has 27 heavy (non-hydrogen) atoms. The van der Waals surface area contributed by atoms with E-state index in [1.807, 2.05) is 26.0 Å². The summed E-state index contributed by atoms with van der Waals surface area (Å²) in [6, 6.07) is 2.14. The number of unbranched alkanes of at least 4 members (excludes halogenated alkanes) is 1. The predicted octanol–water partition coefficient (Wildman–Crippen LogP) is 5.42. The lowest BCUT2D eigenvalue weighted by atomic mass is 9.42. The summed E-state index contributed by atoms with van der Waals surface area (Å²) in [5.74, 6) is 0.675. The Balaban J connectivity index is 2.19. The molecule has 0 aliphatic heterocycles. The lowest BCUT2D eigenvalue weighted by Crippen LogP contribution is -2.56. The van der Waals surface area contributed by atoms with E-state index in [0.717, 1.165) is 32.1 Å². The van der Waals surface area contributed by atoms with Gasteiger partial charge in [-0.1, -0.05) is 66.0 Å². The Hall–Kier alpha value is -1.69. The number of hydrogen-bond acceptors (Lipinski definition) is 3. The second-order valence-electron chi connectivity index (χ2n) is 10.0. The Morgan fingerprint density at radius 1 is 1.22 bits per heavy atom. The SMILES string of the molecule is CCCC[C@@H]1[C@@H](C)C(=O)C=C2C3(C)C=C(C#N)C(=O)C(C)(C)[C@@H]3CCC21C. The quantitative estimate of drug-likeness (QED) is 0.669. The Morgan fingerprint density at radius 2 is 1.89 bits per heavy atom. The minimum Gasteiger partial charge on any atom is -0.295 e. The third-order valence-electron chi connectivity index (χ3n) is 8.16. The Kier molecular flexibility index (Phi) is 4.78. The molecule has 0 N–H and O–H groups in total. The molecule has 2 unspecified atom stereocenters. The number of carbonyl (C=O) groups is 2. The van der Waals surface area contributed by atoms with Crippen LogP contribution in [0.4, 0.5) is 0 Å². The third-order valence-corrected chi connectivity index (χ3v) is 8.16. The first kappa shape index (κ1) is 20.1. The number of hydrogen-bond donors (Lipinski definition) is 0. The average Bonchev–Trinajstić information content (AvgIpc) is 2.60. The molecule has 0 aromatic heterocycles. The van der Waals surface area contributed by atoms with Gasteiger partial charge in [0.05, 0.1) is 5.57 Å². The molecule has 0 spiro atoms. The monoisotopic (exact) mass is 367 g/mol. The third kappa shape index (κ3) is 2.67. The second kappa shape index (κ2) is 6.43. The molecule has 0 aromatic carbocycles. The lowest BCUT2D eigenvalue weighted by molar-refractivity contribution is -0.132. The van der Waals surface area contributed by atoms with Crippen LogP contribution in [0.15, 0.2) is 23.3 Å². The summed E-state index contributed by atoms with van der Waals surface area (Å²) in [5.41, 5.74) is 0.405. The van der Waals surface area contributed by atoms with E-state index in [-0.39, 0.29) is 34.4 Å². The molecule has 0 bridgehead atoms. The van der Waals surface area contributed by atoms with Crippen molar-refractivity contribution in [3.63, 3.8) is 0 Å². The van der Waals surface area contributed by atoms with E-state index in [2.05, 4.69) is 33.8 Å². The normalized spacial score (nSPS) is 40.4. The van der Waals surface area contributed by atoms with Gasteiger partial charge in [-0.15, -0.1) is 0 Å². The molecule has 3 rings (SSSR count). The highest BCUT2D eigenvalue weighted by atomic mass is 16.1. The molecule has 3 nitrogen and oxygen atoms in total. The van der Waals surface area contributed by atoms with Gasteiger partial charge >= 0.3 is 0 Å². The van der Waals surface area contributed by atoms with Gasteiger partial charge in [0, 0.05) is 16.7 Å². The number of carbonyl (C=O) groups excluding carboxylic acids is 2. The molecule has 3 aliphatic rings. The zero-order valence-corrected chi connectivity index (χ0v) is 17.7. The minimum absolute atomic E-state index is 0.0404. The van der Waals surface area contributed by atoms with Gasteiger partial charge in [0.2, 0.25) is 0 Å². The van der Waals surface area contributed by atoms with Crippen molar-refractivity contribution in [3.8, 4) is 6.07 Å². The molecule has 5 atom stereocenters. The van der Waals surface area contributed by atoms with Crippen LogP contribution in [0.5, 0.6) is 0 Å². The Bertz CT molecular complexity index is 781. The van der Waals surface area contributed by atoms with E-state index in [4.69, 9.17) is 0 Å². The Morgan fingerprint density at radius 3 is 2.48 bits per heavy atom. The van der Waals surface area contributed by atoms with Gasteiger partial charge in [0.25, 0.3) is 0 Å². The maximum absolute atomic E-state index is 12.9. The van der Waals surface area contributed by atoms with Crippen molar-refractivity contribution in [2.45, 2.75) is 73.6 Å². The van der Waals surface area contributed by atoms with Crippen LogP contribution >= 0.6 is 0 Å².